The van der Waals surface area contributed by atoms with Gasteiger partial charge in [0.25, 0.3) is 5.69 Å². The molecule has 0 aliphatic carbocycles. The van der Waals surface area contributed by atoms with Gasteiger partial charge in [0, 0.05) is 17.8 Å². The third-order valence-corrected chi connectivity index (χ3v) is 6.27. The van der Waals surface area contributed by atoms with Crippen LogP contribution in [-0.2, 0) is 15.1 Å². The Labute approximate surface area is 208 Å². The molecule has 0 spiro atoms. The second-order valence-electron chi connectivity index (χ2n) is 8.48. The van der Waals surface area contributed by atoms with Crippen LogP contribution in [0.1, 0.15) is 16.7 Å². The minimum absolute atomic E-state index is 0.0374. The highest BCUT2D eigenvalue weighted by Gasteiger charge is 2.40. The summed E-state index contributed by atoms with van der Waals surface area (Å²) < 4.78 is 12.4. The predicted octanol–water partition coefficient (Wildman–Crippen LogP) is 5.93. The zero-order chi connectivity index (χ0) is 25.0. The van der Waals surface area contributed by atoms with E-state index in [1.54, 1.807) is 12.1 Å². The van der Waals surface area contributed by atoms with E-state index in [1.165, 1.54) is 17.0 Å². The molecule has 180 valence electrons. The van der Waals surface area contributed by atoms with E-state index >= 15 is 0 Å². The molecule has 1 atom stereocenters. The number of anilines is 1. The standard InChI is InChI=1S/C29H24N2O5/c32-28-30(25-16-18-26(19-17-25)31(33)34)20-27(36-28)21-35-29(22-10-4-1-5-11-22,23-12-6-2-7-13-23)24-14-8-3-9-15-24/h1-19,27H,20-21H2. The number of nitrogens with zero attached hydrogens (tertiary/aromatic N) is 2. The lowest BCUT2D eigenvalue weighted by atomic mass is 9.80. The van der Waals surface area contributed by atoms with Gasteiger partial charge in [-0.15, -0.1) is 0 Å². The quantitative estimate of drug-likeness (QED) is 0.177. The van der Waals surface area contributed by atoms with Crippen LogP contribution >= 0.6 is 0 Å². The number of hydrogen-bond acceptors (Lipinski definition) is 5. The highest BCUT2D eigenvalue weighted by Crippen LogP contribution is 2.41. The van der Waals surface area contributed by atoms with Gasteiger partial charge in [0.1, 0.15) is 11.7 Å². The van der Waals surface area contributed by atoms with Crippen LogP contribution in [-0.4, -0.2) is 30.3 Å². The molecule has 1 aliphatic rings. The highest BCUT2D eigenvalue weighted by molar-refractivity contribution is 5.89. The molecular weight excluding hydrogens is 456 g/mol. The molecule has 1 aliphatic heterocycles. The number of non-ortho nitro benzene ring substituents is 1. The summed E-state index contributed by atoms with van der Waals surface area (Å²) in [6.07, 6.45) is -1.04. The van der Waals surface area contributed by atoms with Gasteiger partial charge in [-0.1, -0.05) is 91.0 Å². The maximum Gasteiger partial charge on any atom is 0.414 e. The summed E-state index contributed by atoms with van der Waals surface area (Å²) in [5.41, 5.74) is 2.45. The van der Waals surface area contributed by atoms with Crippen LogP contribution in [0.2, 0.25) is 0 Å². The number of benzene rings is 4. The largest absolute Gasteiger partial charge is 0.441 e. The van der Waals surface area contributed by atoms with Crippen LogP contribution in [0.4, 0.5) is 16.2 Å². The number of nitro benzene ring substituents is 1. The molecule has 7 nitrogen and oxygen atoms in total. The van der Waals surface area contributed by atoms with Crippen molar-refractivity contribution in [1.82, 2.24) is 0 Å². The van der Waals surface area contributed by atoms with Crippen molar-refractivity contribution in [1.29, 1.82) is 0 Å². The van der Waals surface area contributed by atoms with E-state index in [4.69, 9.17) is 9.47 Å². The molecule has 0 bridgehead atoms. The van der Waals surface area contributed by atoms with E-state index in [0.29, 0.717) is 5.69 Å². The van der Waals surface area contributed by atoms with Crippen molar-refractivity contribution >= 4 is 17.5 Å². The van der Waals surface area contributed by atoms with Crippen LogP contribution in [0.3, 0.4) is 0 Å². The second-order valence-corrected chi connectivity index (χ2v) is 8.48. The molecule has 1 amide bonds. The Morgan fingerprint density at radius 2 is 1.28 bits per heavy atom. The van der Waals surface area contributed by atoms with Crippen molar-refractivity contribution in [2.24, 2.45) is 0 Å². The molecule has 4 aromatic rings. The molecule has 1 heterocycles. The number of cyclic esters (lactones) is 1. The van der Waals surface area contributed by atoms with Crippen LogP contribution in [0.25, 0.3) is 0 Å². The number of amides is 1. The van der Waals surface area contributed by atoms with Crippen LogP contribution in [0.5, 0.6) is 0 Å². The lowest BCUT2D eigenvalue weighted by Gasteiger charge is -2.36. The summed E-state index contributed by atoms with van der Waals surface area (Å²) in [6, 6.07) is 35.8. The first kappa shape index (κ1) is 23.3. The fraction of sp³-hybridized carbons (Fsp3) is 0.138. The maximum absolute atomic E-state index is 12.7. The zero-order valence-electron chi connectivity index (χ0n) is 19.4. The van der Waals surface area contributed by atoms with Crippen LogP contribution in [0.15, 0.2) is 115 Å². The van der Waals surface area contributed by atoms with Crippen molar-refractivity contribution in [3.05, 3.63) is 142 Å². The van der Waals surface area contributed by atoms with Gasteiger partial charge in [0.05, 0.1) is 18.1 Å². The molecular formula is C29H24N2O5. The van der Waals surface area contributed by atoms with E-state index < -0.39 is 22.7 Å². The van der Waals surface area contributed by atoms with Gasteiger partial charge < -0.3 is 9.47 Å². The molecule has 5 rings (SSSR count). The summed E-state index contributed by atoms with van der Waals surface area (Å²) >= 11 is 0. The first-order chi connectivity index (χ1) is 17.6. The lowest BCUT2D eigenvalue weighted by Crippen LogP contribution is -2.36. The van der Waals surface area contributed by atoms with E-state index in [-0.39, 0.29) is 18.8 Å². The number of hydrogen-bond donors (Lipinski definition) is 0. The van der Waals surface area contributed by atoms with Crippen molar-refractivity contribution in [2.75, 3.05) is 18.1 Å². The second kappa shape index (κ2) is 10.0. The van der Waals surface area contributed by atoms with Crippen LogP contribution in [0, 0.1) is 10.1 Å². The molecule has 7 heteroatoms. The summed E-state index contributed by atoms with van der Waals surface area (Å²) in [5.74, 6) is 0. The number of carbonyl (C=O) groups excluding carboxylic acids is 1. The Morgan fingerprint density at radius 1 is 0.806 bits per heavy atom. The SMILES string of the molecule is O=C1OC(COC(c2ccccc2)(c2ccccc2)c2ccccc2)CN1c1ccc([N+](=O)[O-])cc1. The first-order valence-electron chi connectivity index (χ1n) is 11.6. The van der Waals surface area contributed by atoms with Gasteiger partial charge in [0.2, 0.25) is 0 Å². The Morgan fingerprint density at radius 3 is 1.72 bits per heavy atom. The summed E-state index contributed by atoms with van der Waals surface area (Å²) in [7, 11) is 0. The van der Waals surface area contributed by atoms with Gasteiger partial charge in [-0.2, -0.15) is 0 Å². The van der Waals surface area contributed by atoms with E-state index in [1.807, 2.05) is 91.0 Å². The average molecular weight is 481 g/mol. The Bertz CT molecular complexity index is 1230. The topological polar surface area (TPSA) is 81.9 Å². The predicted molar refractivity (Wildman–Crippen MR) is 136 cm³/mol. The molecule has 0 aromatic heterocycles. The van der Waals surface area contributed by atoms with Gasteiger partial charge in [-0.3, -0.25) is 15.0 Å². The third-order valence-electron chi connectivity index (χ3n) is 6.27. The van der Waals surface area contributed by atoms with Gasteiger partial charge in [-0.05, 0) is 28.8 Å². The normalized spacial score (nSPS) is 15.5. The van der Waals surface area contributed by atoms with Gasteiger partial charge in [0.15, 0.2) is 0 Å². The minimum Gasteiger partial charge on any atom is -0.441 e. The number of ether oxygens (including phenoxy) is 2. The van der Waals surface area contributed by atoms with Crippen LogP contribution < -0.4 is 4.90 Å². The molecule has 1 unspecified atom stereocenters. The summed E-state index contributed by atoms with van der Waals surface area (Å²) in [4.78, 5) is 24.6. The third kappa shape index (κ3) is 4.44. The summed E-state index contributed by atoms with van der Waals surface area (Å²) in [5, 5.41) is 11.0. The average Bonchev–Trinajstić information content (AvgIpc) is 3.31. The summed E-state index contributed by atoms with van der Waals surface area (Å²) in [6.45, 7) is 0.416. The van der Waals surface area contributed by atoms with Crippen molar-refractivity contribution in [3.8, 4) is 0 Å². The minimum atomic E-state index is -0.920. The number of nitro groups is 1. The Hall–Kier alpha value is -4.49. The molecule has 0 N–H and O–H groups in total. The maximum atomic E-state index is 12.7. The highest BCUT2D eigenvalue weighted by atomic mass is 16.6. The van der Waals surface area contributed by atoms with E-state index in [9.17, 15) is 14.9 Å². The number of rotatable bonds is 8. The fourth-order valence-corrected chi connectivity index (χ4v) is 4.56. The smallest absolute Gasteiger partial charge is 0.414 e. The van der Waals surface area contributed by atoms with Crippen molar-refractivity contribution < 1.29 is 19.2 Å². The molecule has 1 fully saturated rings. The first-order valence-corrected chi connectivity index (χ1v) is 11.6. The van der Waals surface area contributed by atoms with E-state index in [2.05, 4.69) is 0 Å². The molecule has 0 radical (unpaired) electrons. The lowest BCUT2D eigenvalue weighted by molar-refractivity contribution is -0.384. The molecule has 0 saturated carbocycles. The Balaban J connectivity index is 1.45. The molecule has 4 aromatic carbocycles. The van der Waals surface area contributed by atoms with Gasteiger partial charge >= 0.3 is 6.09 Å². The Kier molecular flexibility index (Phi) is 6.47. The molecule has 1 saturated heterocycles. The van der Waals surface area contributed by atoms with Crippen molar-refractivity contribution in [2.45, 2.75) is 11.7 Å². The monoisotopic (exact) mass is 480 g/mol. The number of carbonyl (C=O) groups is 1. The fourth-order valence-electron chi connectivity index (χ4n) is 4.56. The van der Waals surface area contributed by atoms with Crippen molar-refractivity contribution in [3.63, 3.8) is 0 Å². The van der Waals surface area contributed by atoms with E-state index in [0.717, 1.165) is 16.7 Å². The van der Waals surface area contributed by atoms with Gasteiger partial charge in [-0.25, -0.2) is 4.79 Å². The zero-order valence-corrected chi connectivity index (χ0v) is 19.4. The molecule has 36 heavy (non-hydrogen) atoms.